The molecule has 0 aliphatic carbocycles. The van der Waals surface area contributed by atoms with Gasteiger partial charge in [-0.1, -0.05) is 30.3 Å². The van der Waals surface area contributed by atoms with E-state index < -0.39 is 5.63 Å². The Morgan fingerprint density at radius 1 is 1.17 bits per heavy atom. The Morgan fingerprint density at radius 2 is 1.96 bits per heavy atom. The number of ketones is 1. The summed E-state index contributed by atoms with van der Waals surface area (Å²) in [6.07, 6.45) is 1.63. The number of carbonyl (C=O) groups is 1. The van der Waals surface area contributed by atoms with Crippen LogP contribution in [0.15, 0.2) is 68.8 Å². The molecule has 120 valence electrons. The van der Waals surface area contributed by atoms with Gasteiger partial charge < -0.3 is 9.15 Å². The third-order valence-electron chi connectivity index (χ3n) is 3.50. The van der Waals surface area contributed by atoms with Crippen molar-refractivity contribution < 1.29 is 13.9 Å². The van der Waals surface area contributed by atoms with Crippen LogP contribution in [0.2, 0.25) is 0 Å². The average molecular weight is 321 g/mol. The minimum absolute atomic E-state index is 0.0143. The lowest BCUT2D eigenvalue weighted by Crippen LogP contribution is -2.14. The maximum absolute atomic E-state index is 12.5. The number of rotatable bonds is 5. The molecule has 0 aliphatic rings. The summed E-state index contributed by atoms with van der Waals surface area (Å²) in [5.41, 5.74) is 0.169. The number of carbonyl (C=O) groups excluding carboxylic acids is 1. The van der Waals surface area contributed by atoms with Gasteiger partial charge in [0.15, 0.2) is 5.78 Å². The Labute approximate surface area is 138 Å². The molecule has 5 heteroatoms. The first-order chi connectivity index (χ1) is 11.7. The molecule has 24 heavy (non-hydrogen) atoms. The van der Waals surface area contributed by atoms with Crippen molar-refractivity contribution in [3.8, 4) is 5.75 Å². The highest BCUT2D eigenvalue weighted by Gasteiger charge is 2.15. The number of ether oxygens (including phenoxy) is 1. The molecular weight excluding hydrogens is 306 g/mol. The van der Waals surface area contributed by atoms with Gasteiger partial charge in [0.05, 0.1) is 0 Å². The summed E-state index contributed by atoms with van der Waals surface area (Å²) in [6.45, 7) is 0.330. The fourth-order valence-electron chi connectivity index (χ4n) is 2.29. The van der Waals surface area contributed by atoms with Crippen LogP contribution in [0, 0.1) is 0 Å². The van der Waals surface area contributed by atoms with E-state index in [0.717, 1.165) is 0 Å². The van der Waals surface area contributed by atoms with E-state index in [-0.39, 0.29) is 11.3 Å². The van der Waals surface area contributed by atoms with Crippen LogP contribution in [0.5, 0.6) is 5.75 Å². The van der Waals surface area contributed by atoms with Gasteiger partial charge in [-0.3, -0.25) is 9.79 Å². The highest BCUT2D eigenvalue weighted by molar-refractivity contribution is 6.09. The molecule has 0 fully saturated rings. The third kappa shape index (κ3) is 3.25. The van der Waals surface area contributed by atoms with Crippen molar-refractivity contribution in [1.29, 1.82) is 0 Å². The zero-order chi connectivity index (χ0) is 16.9. The molecule has 0 aliphatic heterocycles. The van der Waals surface area contributed by atoms with Crippen LogP contribution < -0.4 is 10.4 Å². The number of aliphatic imine (C=N–C) groups is 1. The van der Waals surface area contributed by atoms with E-state index in [1.807, 2.05) is 6.07 Å². The maximum Gasteiger partial charge on any atom is 0.347 e. The predicted octanol–water partition coefficient (Wildman–Crippen LogP) is 3.10. The average Bonchev–Trinajstić information content (AvgIpc) is 2.61. The first-order valence-electron chi connectivity index (χ1n) is 7.40. The van der Waals surface area contributed by atoms with Crippen molar-refractivity contribution in [3.63, 3.8) is 0 Å². The predicted molar refractivity (Wildman–Crippen MR) is 92.3 cm³/mol. The highest BCUT2D eigenvalue weighted by atomic mass is 16.5. The molecule has 0 saturated heterocycles. The first-order valence-corrected chi connectivity index (χ1v) is 7.40. The van der Waals surface area contributed by atoms with E-state index in [0.29, 0.717) is 28.9 Å². The lowest BCUT2D eigenvalue weighted by Gasteiger charge is -2.05. The molecule has 0 atom stereocenters. The summed E-state index contributed by atoms with van der Waals surface area (Å²) in [5.74, 6) is 0.207. The van der Waals surface area contributed by atoms with E-state index in [2.05, 4.69) is 4.99 Å². The van der Waals surface area contributed by atoms with Crippen LogP contribution in [-0.2, 0) is 0 Å². The second-order valence-electron chi connectivity index (χ2n) is 5.09. The quantitative estimate of drug-likeness (QED) is 0.411. The molecule has 0 N–H and O–H groups in total. The molecule has 0 spiro atoms. The summed E-state index contributed by atoms with van der Waals surface area (Å²) < 4.78 is 10.8. The summed E-state index contributed by atoms with van der Waals surface area (Å²) in [6, 6.07) is 15.3. The van der Waals surface area contributed by atoms with Gasteiger partial charge >= 0.3 is 5.63 Å². The molecule has 5 nitrogen and oxygen atoms in total. The fourth-order valence-corrected chi connectivity index (χ4v) is 2.29. The zero-order valence-corrected chi connectivity index (χ0v) is 13.1. The summed E-state index contributed by atoms with van der Waals surface area (Å²) >= 11 is 0. The molecule has 0 amide bonds. The van der Waals surface area contributed by atoms with Crippen molar-refractivity contribution in [2.45, 2.75) is 0 Å². The summed E-state index contributed by atoms with van der Waals surface area (Å²) in [5, 5.41) is 0.658. The number of hydrogen-bond acceptors (Lipinski definition) is 5. The number of fused-ring (bicyclic) bond motifs is 1. The molecule has 2 aromatic carbocycles. The Kier molecular flexibility index (Phi) is 4.52. The van der Waals surface area contributed by atoms with Crippen LogP contribution in [0.3, 0.4) is 0 Å². The van der Waals surface area contributed by atoms with Crippen LogP contribution in [-0.4, -0.2) is 25.7 Å². The summed E-state index contributed by atoms with van der Waals surface area (Å²) in [7, 11) is 1.66. The first kappa shape index (κ1) is 15.7. The Balaban J connectivity index is 1.97. The second-order valence-corrected chi connectivity index (χ2v) is 5.09. The van der Waals surface area contributed by atoms with Gasteiger partial charge in [0.1, 0.15) is 23.5 Å². The Morgan fingerprint density at radius 3 is 2.71 bits per heavy atom. The maximum atomic E-state index is 12.5. The monoisotopic (exact) mass is 321 g/mol. The van der Waals surface area contributed by atoms with Crippen LogP contribution >= 0.6 is 0 Å². The minimum Gasteiger partial charge on any atom is -0.488 e. The lowest BCUT2D eigenvalue weighted by atomic mass is 10.0. The molecule has 0 radical (unpaired) electrons. The lowest BCUT2D eigenvalue weighted by molar-refractivity contribution is 0.103. The van der Waals surface area contributed by atoms with Gasteiger partial charge in [0, 0.05) is 30.3 Å². The van der Waals surface area contributed by atoms with E-state index in [1.165, 1.54) is 0 Å². The molecule has 1 heterocycles. The molecule has 1 aromatic heterocycles. The van der Waals surface area contributed by atoms with Gasteiger partial charge in [-0.2, -0.15) is 0 Å². The number of nitrogens with zero attached hydrogens (tertiary/aromatic N) is 1. The third-order valence-corrected chi connectivity index (χ3v) is 3.50. The zero-order valence-electron chi connectivity index (χ0n) is 13.1. The van der Waals surface area contributed by atoms with Crippen molar-refractivity contribution >= 4 is 23.0 Å². The topological polar surface area (TPSA) is 68.9 Å². The molecule has 0 unspecified atom stereocenters. The normalized spacial score (nSPS) is 11.0. The van der Waals surface area contributed by atoms with Crippen molar-refractivity contribution in [2.24, 2.45) is 4.99 Å². The Bertz CT molecular complexity index is 958. The molecular formula is C19H15NO4. The SMILES string of the molecule is CN=CCOc1ccc2cc(C(=O)c3ccccc3)c(=O)oc2c1. The number of benzene rings is 2. The molecule has 3 aromatic rings. The van der Waals surface area contributed by atoms with E-state index in [9.17, 15) is 9.59 Å². The highest BCUT2D eigenvalue weighted by Crippen LogP contribution is 2.21. The molecule has 0 bridgehead atoms. The van der Waals surface area contributed by atoms with Gasteiger partial charge in [-0.25, -0.2) is 4.79 Å². The fraction of sp³-hybridized carbons (Fsp3) is 0.105. The van der Waals surface area contributed by atoms with E-state index in [1.54, 1.807) is 61.8 Å². The smallest absolute Gasteiger partial charge is 0.347 e. The van der Waals surface area contributed by atoms with Crippen LogP contribution in [0.25, 0.3) is 11.0 Å². The second kappa shape index (κ2) is 6.91. The van der Waals surface area contributed by atoms with Gasteiger partial charge in [0.2, 0.25) is 0 Å². The summed E-state index contributed by atoms with van der Waals surface area (Å²) in [4.78, 5) is 28.4. The van der Waals surface area contributed by atoms with Crippen molar-refractivity contribution in [3.05, 3.63) is 76.1 Å². The van der Waals surface area contributed by atoms with Crippen LogP contribution in [0.1, 0.15) is 15.9 Å². The van der Waals surface area contributed by atoms with Gasteiger partial charge in [0.25, 0.3) is 0 Å². The minimum atomic E-state index is -0.663. The standard InChI is InChI=1S/C19H15NO4/c1-20-9-10-23-15-8-7-14-11-16(19(22)24-17(14)12-15)18(21)13-5-3-2-4-6-13/h2-9,11-12H,10H2,1H3. The number of hydrogen-bond donors (Lipinski definition) is 0. The van der Waals surface area contributed by atoms with Gasteiger partial charge in [-0.05, 0) is 18.2 Å². The van der Waals surface area contributed by atoms with Crippen molar-refractivity contribution in [2.75, 3.05) is 13.7 Å². The molecule has 3 rings (SSSR count). The van der Waals surface area contributed by atoms with Crippen molar-refractivity contribution in [1.82, 2.24) is 0 Å². The van der Waals surface area contributed by atoms with Crippen LogP contribution in [0.4, 0.5) is 0 Å². The van der Waals surface area contributed by atoms with E-state index >= 15 is 0 Å². The largest absolute Gasteiger partial charge is 0.488 e. The molecule has 0 saturated carbocycles. The van der Waals surface area contributed by atoms with Gasteiger partial charge in [-0.15, -0.1) is 0 Å². The Hall–Kier alpha value is -3.21. The van der Waals surface area contributed by atoms with E-state index in [4.69, 9.17) is 9.15 Å².